The highest BCUT2D eigenvalue weighted by Gasteiger charge is 2.30. The molecule has 0 saturated carbocycles. The van der Waals surface area contributed by atoms with Gasteiger partial charge in [0.15, 0.2) is 0 Å². The maximum atomic E-state index is 12.6. The Morgan fingerprint density at radius 2 is 1.89 bits per heavy atom. The van der Waals surface area contributed by atoms with Crippen LogP contribution < -0.4 is 21.1 Å². The van der Waals surface area contributed by atoms with Gasteiger partial charge in [0.1, 0.15) is 17.2 Å². The van der Waals surface area contributed by atoms with Crippen molar-refractivity contribution in [2.75, 3.05) is 42.1 Å². The van der Waals surface area contributed by atoms with E-state index in [1.54, 1.807) is 6.92 Å². The summed E-state index contributed by atoms with van der Waals surface area (Å²) < 4.78 is 28.9. The molecule has 1 aliphatic heterocycles. The van der Waals surface area contributed by atoms with Crippen molar-refractivity contribution in [3.8, 4) is 0 Å². The van der Waals surface area contributed by atoms with E-state index in [-0.39, 0.29) is 10.8 Å². The Morgan fingerprint density at radius 3 is 2.59 bits per heavy atom. The van der Waals surface area contributed by atoms with Crippen LogP contribution in [0.3, 0.4) is 0 Å². The Hall–Kier alpha value is -4.59. The lowest BCUT2D eigenvalue weighted by Crippen LogP contribution is -2.24. The minimum Gasteiger partial charge on any atom is -0.457 e. The molecule has 2 atom stereocenters. The van der Waals surface area contributed by atoms with Crippen LogP contribution in [0.5, 0.6) is 0 Å². The van der Waals surface area contributed by atoms with E-state index in [9.17, 15) is 13.2 Å². The third kappa shape index (κ3) is 7.67. The molecule has 13 heteroatoms. The summed E-state index contributed by atoms with van der Waals surface area (Å²) in [7, 11) is -3.82. The second kappa shape index (κ2) is 13.0. The number of nitrogens with zero attached hydrogens (tertiary/aromatic N) is 3. The number of rotatable bonds is 10. The SMILES string of the molecule is CCN1CC(/C=C/c2cc3cc(C(C)=N)ccc3o2)C(CNc2cc(C)nc(NC(=O)Nc3ccc(S(N)(=O)=O)cc3)n2)C1. The van der Waals surface area contributed by atoms with Crippen LogP contribution in [-0.2, 0) is 10.0 Å². The van der Waals surface area contributed by atoms with Gasteiger partial charge in [-0.1, -0.05) is 13.0 Å². The number of benzene rings is 2. The predicted molar refractivity (Wildman–Crippen MR) is 173 cm³/mol. The molecule has 0 bridgehead atoms. The molecule has 5 rings (SSSR count). The van der Waals surface area contributed by atoms with Gasteiger partial charge in [-0.05, 0) is 92.4 Å². The molecule has 3 heterocycles. The number of nitrogens with one attached hydrogen (secondary N) is 4. The molecular formula is C31H36N8O4S. The Labute approximate surface area is 256 Å². The number of nitrogens with two attached hydrogens (primary N) is 1. The summed E-state index contributed by atoms with van der Waals surface area (Å²) >= 11 is 0. The first-order chi connectivity index (χ1) is 21.0. The largest absolute Gasteiger partial charge is 0.457 e. The van der Waals surface area contributed by atoms with E-state index in [0.29, 0.717) is 41.3 Å². The number of carbonyl (C=O) groups is 1. The number of sulfonamides is 1. The molecule has 0 spiro atoms. The molecule has 12 nitrogen and oxygen atoms in total. The maximum absolute atomic E-state index is 12.6. The van der Waals surface area contributed by atoms with Crippen molar-refractivity contribution in [2.24, 2.45) is 17.0 Å². The molecule has 1 aliphatic rings. The number of fused-ring (bicyclic) bond motifs is 1. The van der Waals surface area contributed by atoms with Gasteiger partial charge in [-0.3, -0.25) is 5.32 Å². The standard InChI is InChI=1S/C31H36N8O4S/c1-4-39-17-22(5-9-26-15-23-14-21(20(3)32)6-12-28(23)43-26)24(18-39)16-34-29-13-19(2)35-30(37-29)38-31(40)36-25-7-10-27(11-8-25)44(33,41)42/h5-15,22,24,32H,4,16-18H2,1-3H3,(H2,33,41,42)(H3,34,35,36,37,38,40)/b9-5+,32-20?. The van der Waals surface area contributed by atoms with Gasteiger partial charge in [0.2, 0.25) is 16.0 Å². The Morgan fingerprint density at radius 1 is 1.11 bits per heavy atom. The minimum atomic E-state index is -3.82. The van der Waals surface area contributed by atoms with Gasteiger partial charge in [-0.15, -0.1) is 0 Å². The van der Waals surface area contributed by atoms with Crippen molar-refractivity contribution < 1.29 is 17.6 Å². The van der Waals surface area contributed by atoms with Crippen LogP contribution in [0.15, 0.2) is 70.0 Å². The van der Waals surface area contributed by atoms with Crippen molar-refractivity contribution in [2.45, 2.75) is 25.7 Å². The topological polar surface area (TPSA) is 179 Å². The summed E-state index contributed by atoms with van der Waals surface area (Å²) in [5.74, 6) is 2.12. The van der Waals surface area contributed by atoms with E-state index in [1.165, 1.54) is 24.3 Å². The zero-order valence-electron chi connectivity index (χ0n) is 24.8. The average Bonchev–Trinajstić information content (AvgIpc) is 3.57. The van der Waals surface area contributed by atoms with Gasteiger partial charge in [0.05, 0.1) is 4.90 Å². The highest BCUT2D eigenvalue weighted by molar-refractivity contribution is 7.89. The molecule has 2 amide bonds. The van der Waals surface area contributed by atoms with Crippen LogP contribution in [0.1, 0.15) is 30.9 Å². The fourth-order valence-corrected chi connectivity index (χ4v) is 5.74. The Balaban J connectivity index is 1.22. The van der Waals surface area contributed by atoms with E-state index in [4.69, 9.17) is 15.0 Å². The van der Waals surface area contributed by atoms with Crippen molar-refractivity contribution in [1.82, 2.24) is 14.9 Å². The molecule has 0 aliphatic carbocycles. The van der Waals surface area contributed by atoms with Crippen LogP contribution in [0.4, 0.5) is 22.2 Å². The summed E-state index contributed by atoms with van der Waals surface area (Å²) in [6.07, 6.45) is 4.24. The smallest absolute Gasteiger partial charge is 0.326 e. The number of urea groups is 1. The molecule has 6 N–H and O–H groups in total. The van der Waals surface area contributed by atoms with E-state index in [0.717, 1.165) is 41.9 Å². The summed E-state index contributed by atoms with van der Waals surface area (Å²) in [6, 6.07) is 14.6. The fourth-order valence-electron chi connectivity index (χ4n) is 5.22. The van der Waals surface area contributed by atoms with Gasteiger partial charge < -0.3 is 25.4 Å². The molecule has 44 heavy (non-hydrogen) atoms. The van der Waals surface area contributed by atoms with Gasteiger partial charge in [0.25, 0.3) is 0 Å². The number of amides is 2. The number of anilines is 3. The maximum Gasteiger partial charge on any atom is 0.326 e. The quantitative estimate of drug-likeness (QED) is 0.156. The number of aromatic nitrogens is 2. The van der Waals surface area contributed by atoms with Crippen molar-refractivity contribution in [3.05, 3.63) is 77.7 Å². The summed E-state index contributed by atoms with van der Waals surface area (Å²) in [6.45, 7) is 9.25. The van der Waals surface area contributed by atoms with Crippen molar-refractivity contribution >= 4 is 56.3 Å². The highest BCUT2D eigenvalue weighted by atomic mass is 32.2. The highest BCUT2D eigenvalue weighted by Crippen LogP contribution is 2.28. The first-order valence-electron chi connectivity index (χ1n) is 14.3. The normalized spacial score (nSPS) is 17.3. The fraction of sp³-hybridized carbons (Fsp3) is 0.290. The summed E-state index contributed by atoms with van der Waals surface area (Å²) in [5.41, 5.74) is 3.26. The van der Waals surface area contributed by atoms with Crippen LogP contribution in [0.2, 0.25) is 0 Å². The minimum absolute atomic E-state index is 0.0499. The molecule has 2 aromatic heterocycles. The predicted octanol–water partition coefficient (Wildman–Crippen LogP) is 4.90. The molecule has 4 aromatic rings. The number of carbonyl (C=O) groups excluding carboxylic acids is 1. The van der Waals surface area contributed by atoms with Crippen LogP contribution in [-0.4, -0.2) is 61.2 Å². The second-order valence-corrected chi connectivity index (χ2v) is 12.5. The molecule has 230 valence electrons. The lowest BCUT2D eigenvalue weighted by molar-refractivity contribution is 0.262. The first-order valence-corrected chi connectivity index (χ1v) is 15.8. The molecule has 2 unspecified atom stereocenters. The molecular weight excluding hydrogens is 580 g/mol. The third-order valence-electron chi connectivity index (χ3n) is 7.56. The lowest BCUT2D eigenvalue weighted by atomic mass is 9.95. The number of likely N-dealkylation sites (tertiary alicyclic amines) is 1. The van der Waals surface area contributed by atoms with Crippen molar-refractivity contribution in [3.63, 3.8) is 0 Å². The van der Waals surface area contributed by atoms with Crippen molar-refractivity contribution in [1.29, 1.82) is 5.41 Å². The molecule has 1 fully saturated rings. The average molecular weight is 617 g/mol. The molecule has 2 aromatic carbocycles. The van der Waals surface area contributed by atoms with Crippen LogP contribution >= 0.6 is 0 Å². The van der Waals surface area contributed by atoms with Gasteiger partial charge >= 0.3 is 6.03 Å². The van der Waals surface area contributed by atoms with Gasteiger partial charge in [-0.2, -0.15) is 4.98 Å². The second-order valence-electron chi connectivity index (χ2n) is 10.9. The Kier molecular flexibility index (Phi) is 9.09. The lowest BCUT2D eigenvalue weighted by Gasteiger charge is -2.17. The zero-order valence-corrected chi connectivity index (χ0v) is 25.6. The number of aryl methyl sites for hydroxylation is 1. The van der Waals surface area contributed by atoms with Gasteiger partial charge in [-0.25, -0.2) is 23.3 Å². The van der Waals surface area contributed by atoms with Gasteiger partial charge in [0, 0.05) is 48.2 Å². The summed E-state index contributed by atoms with van der Waals surface area (Å²) in [5, 5.41) is 22.7. The summed E-state index contributed by atoms with van der Waals surface area (Å²) in [4.78, 5) is 23.7. The number of furan rings is 1. The number of primary sulfonamides is 1. The monoisotopic (exact) mass is 616 g/mol. The van der Waals surface area contributed by atoms with E-state index in [1.807, 2.05) is 43.3 Å². The zero-order chi connectivity index (χ0) is 31.4. The molecule has 1 saturated heterocycles. The van der Waals surface area contributed by atoms with E-state index < -0.39 is 16.1 Å². The molecule has 0 radical (unpaired) electrons. The Bertz CT molecular complexity index is 1820. The van der Waals surface area contributed by atoms with Crippen LogP contribution in [0, 0.1) is 24.2 Å². The number of hydrogen-bond donors (Lipinski definition) is 5. The van der Waals surface area contributed by atoms with Crippen LogP contribution in [0.25, 0.3) is 17.0 Å². The van der Waals surface area contributed by atoms with E-state index in [2.05, 4.69) is 43.8 Å². The first kappa shape index (κ1) is 30.9. The number of hydrogen-bond acceptors (Lipinski definition) is 9. The van der Waals surface area contributed by atoms with E-state index >= 15 is 0 Å². The third-order valence-corrected chi connectivity index (χ3v) is 8.49.